The van der Waals surface area contributed by atoms with E-state index in [2.05, 4.69) is 236 Å². The number of aliphatic hydroxyl groups is 10. The Morgan fingerprint density at radius 1 is 0.261 bits per heavy atom. The van der Waals surface area contributed by atoms with Crippen LogP contribution in [0.1, 0.15) is 72.1 Å². The summed E-state index contributed by atoms with van der Waals surface area (Å²) in [5.41, 5.74) is -1.60. The van der Waals surface area contributed by atoms with Crippen molar-refractivity contribution >= 4 is 126 Å². The van der Waals surface area contributed by atoms with Crippen LogP contribution in [0.5, 0.6) is 0 Å². The minimum atomic E-state index is -2.20. The van der Waals surface area contributed by atoms with Crippen LogP contribution in [-0.4, -0.2) is 309 Å². The standard InChI is InChI=1S/C17H42O5Si3.C16H40O5Si3.C15H38O5Si3.C14H36O5Si3.C13H34O5Si3/c1-9-11-17(14-18,15-19)16-20-12-10-13-25(8,21-23(2,3)4)22-24(5,6)7;1-9-16(13-17,14-18)15-19-11-10-12-24(8,20-22(2,3)4)21-23(5,6)7;1-15(12-16,13-17)14-18-10-9-11-23(8,19-21(2,3)4)20-22(5,6)7;1-20(2,3)18-22(7,19-21(4,5)6)10-8-9-17-13-14(11-15)12-16;1-19(2,3)17-21(7,18-20(4,5)6)10-8-9-16-13(11-14)12-15/h18-19H,9-16H2,1-8H3;17-18H,9-15H2,1-8H3;16-17H,9-14H2,1-8H3;14-16H,8-13H2,1-7H3;13-15H,8-12H2,1-7H3. The second-order valence-corrected chi connectivity index (χ2v) is 107. The monoisotopic (exact) mass is 1910 g/mol. The van der Waals surface area contributed by atoms with Crippen LogP contribution in [0.4, 0.5) is 0 Å². The summed E-state index contributed by atoms with van der Waals surface area (Å²) in [6.45, 7) is 86.6. The molecule has 0 amide bonds. The molecule has 0 atom stereocenters. The molecule has 0 aliphatic rings. The first kappa shape index (κ1) is 126. The summed E-state index contributed by atoms with van der Waals surface area (Å²) >= 11 is 0. The Morgan fingerprint density at radius 3 is 0.670 bits per heavy atom. The molecule has 0 aromatic heterocycles. The van der Waals surface area contributed by atoms with Gasteiger partial charge in [-0.05, 0) is 304 Å². The van der Waals surface area contributed by atoms with Crippen LogP contribution >= 0.6 is 0 Å². The van der Waals surface area contributed by atoms with Gasteiger partial charge in [-0.2, -0.15) is 0 Å². The van der Waals surface area contributed by atoms with E-state index < -0.39 is 148 Å². The molecule has 0 aliphatic carbocycles. The largest absolute Gasteiger partial charge is 0.437 e. The fourth-order valence-electron chi connectivity index (χ4n) is 12.7. The lowest BCUT2D eigenvalue weighted by molar-refractivity contribution is -0.0330. The summed E-state index contributed by atoms with van der Waals surface area (Å²) in [4.78, 5) is 0. The van der Waals surface area contributed by atoms with Gasteiger partial charge in [0.15, 0.2) is 83.2 Å². The van der Waals surface area contributed by atoms with Gasteiger partial charge in [-0.3, -0.25) is 0 Å². The summed E-state index contributed by atoms with van der Waals surface area (Å²) in [7, 11) is -27.5. The third-order valence-electron chi connectivity index (χ3n) is 16.2. The quantitative estimate of drug-likeness (QED) is 0.0200. The number of hydrogen-bond acceptors (Lipinski definition) is 25. The molecular weight excluding hydrogens is 1720 g/mol. The summed E-state index contributed by atoms with van der Waals surface area (Å²) in [6, 6.07) is 4.55. The van der Waals surface area contributed by atoms with Gasteiger partial charge in [-0.15, -0.1) is 0 Å². The predicted molar refractivity (Wildman–Crippen MR) is 515 cm³/mol. The van der Waals surface area contributed by atoms with E-state index in [9.17, 15) is 30.6 Å². The molecule has 0 saturated carbocycles. The van der Waals surface area contributed by atoms with Crippen molar-refractivity contribution < 1.29 is 116 Å². The van der Waals surface area contributed by atoms with Crippen LogP contribution in [0.3, 0.4) is 0 Å². The predicted octanol–water partition coefficient (Wildman–Crippen LogP) is 15.9. The maximum absolute atomic E-state index is 9.58. The topological polar surface area (TPSA) is 341 Å². The highest BCUT2D eigenvalue weighted by Gasteiger charge is 2.45. The normalized spacial score (nSPS) is 14.1. The van der Waals surface area contributed by atoms with Gasteiger partial charge in [-0.25, -0.2) is 0 Å². The van der Waals surface area contributed by atoms with Crippen molar-refractivity contribution in [3.63, 3.8) is 0 Å². The van der Waals surface area contributed by atoms with Gasteiger partial charge in [0, 0.05) is 55.2 Å². The first-order chi connectivity index (χ1) is 51.7. The van der Waals surface area contributed by atoms with Crippen LogP contribution in [0, 0.1) is 22.2 Å². The second kappa shape index (κ2) is 57.9. The molecule has 25 nitrogen and oxygen atoms in total. The average molecular weight is 1910 g/mol. The third-order valence-corrected chi connectivity index (χ3v) is 64.3. The van der Waals surface area contributed by atoms with Gasteiger partial charge in [0.25, 0.3) is 0 Å². The van der Waals surface area contributed by atoms with Crippen LogP contribution in [0.15, 0.2) is 0 Å². The van der Waals surface area contributed by atoms with Crippen LogP contribution < -0.4 is 0 Å². The van der Waals surface area contributed by atoms with Crippen molar-refractivity contribution in [1.82, 2.24) is 0 Å². The highest BCUT2D eigenvalue weighted by atomic mass is 28.5. The van der Waals surface area contributed by atoms with E-state index in [4.69, 9.17) is 85.3 Å². The lowest BCUT2D eigenvalue weighted by Crippen LogP contribution is -2.52. The van der Waals surface area contributed by atoms with E-state index in [1.165, 1.54) is 0 Å². The maximum atomic E-state index is 9.58. The molecule has 700 valence electrons. The van der Waals surface area contributed by atoms with Gasteiger partial charge < -0.3 is 116 Å². The highest BCUT2D eigenvalue weighted by molar-refractivity contribution is 6.91. The fraction of sp³-hybridized carbons (Fsp3) is 1.00. The summed E-state index contributed by atoms with van der Waals surface area (Å²) in [5, 5.41) is 92.6. The first-order valence-corrected chi connectivity index (χ1v) is 89.4. The lowest BCUT2D eigenvalue weighted by Gasteiger charge is -2.38. The van der Waals surface area contributed by atoms with Gasteiger partial charge in [-0.1, -0.05) is 27.2 Å². The molecule has 0 radical (unpaired) electrons. The first-order valence-electron chi connectivity index (χ1n) is 42.7. The fourth-order valence-corrected chi connectivity index (χ4v) is 75.2. The van der Waals surface area contributed by atoms with Crippen molar-refractivity contribution in [2.75, 3.05) is 126 Å². The molecule has 0 rings (SSSR count). The Kier molecular flexibility index (Phi) is 63.4. The minimum absolute atomic E-state index is 0.0404. The van der Waals surface area contributed by atoms with Gasteiger partial charge in [0.2, 0.25) is 0 Å². The SMILES string of the molecule is CC(CO)(CO)COCCC[Si](C)(O[Si](C)(C)C)O[Si](C)(C)C.CCC(CO)(CO)COCCC[Si](C)(O[Si](C)(C)C)O[Si](C)(C)C.CCCC(CO)(CO)COCCC[Si](C)(O[Si](C)(C)C)O[Si](C)(C)C.C[Si](C)(C)O[Si](C)(CCCOC(CO)CO)O[Si](C)(C)C.C[Si](C)(C)O[Si](C)(CCCOCC(CO)CO)O[Si](C)(C)C. The number of hydrogen-bond donors (Lipinski definition) is 10. The Balaban J connectivity index is -0.000000439. The Hall–Kier alpha value is 2.25. The molecule has 0 spiro atoms. The minimum Gasteiger partial charge on any atom is -0.437 e. The Morgan fingerprint density at radius 2 is 0.478 bits per heavy atom. The average Bonchev–Trinajstić information content (AvgIpc) is 0.854. The molecule has 0 aromatic rings. The lowest BCUT2D eigenvalue weighted by atomic mass is 9.86. The Bertz CT molecular complexity index is 2290. The van der Waals surface area contributed by atoms with Crippen molar-refractivity contribution in [3.8, 4) is 0 Å². The molecule has 0 heterocycles. The molecule has 10 N–H and O–H groups in total. The van der Waals surface area contributed by atoms with E-state index in [1.54, 1.807) is 0 Å². The molecule has 0 aromatic carbocycles. The zero-order chi connectivity index (χ0) is 91.4. The maximum Gasteiger partial charge on any atom is 0.314 e. The van der Waals surface area contributed by atoms with Crippen LogP contribution in [-0.2, 0) is 64.8 Å². The van der Waals surface area contributed by atoms with E-state index >= 15 is 0 Å². The molecule has 0 bridgehead atoms. The molecule has 0 saturated heterocycles. The number of rotatable bonds is 62. The van der Waals surface area contributed by atoms with Crippen LogP contribution in [0.2, 0.25) is 259 Å². The molecule has 0 unspecified atom stereocenters. The number of aliphatic hydroxyl groups excluding tert-OH is 10. The smallest absolute Gasteiger partial charge is 0.314 e. The van der Waals surface area contributed by atoms with Gasteiger partial charge in [0.05, 0.1) is 92.5 Å². The summed E-state index contributed by atoms with van der Waals surface area (Å²) in [5.74, 6) is -0.180. The molecule has 0 fully saturated rings. The second-order valence-electron chi connectivity index (χ2n) is 42.5. The highest BCUT2D eigenvalue weighted by Crippen LogP contribution is 2.33. The van der Waals surface area contributed by atoms with Gasteiger partial charge in [0.1, 0.15) is 6.10 Å². The van der Waals surface area contributed by atoms with E-state index in [0.29, 0.717) is 65.9 Å². The molecule has 0 aliphatic heterocycles. The Labute approximate surface area is 722 Å². The van der Waals surface area contributed by atoms with E-state index in [0.717, 1.165) is 75.2 Å². The zero-order valence-electron chi connectivity index (χ0n) is 81.4. The van der Waals surface area contributed by atoms with E-state index in [-0.39, 0.29) is 72.0 Å². The van der Waals surface area contributed by atoms with Crippen LogP contribution in [0.25, 0.3) is 0 Å². The number of ether oxygens (including phenoxy) is 5. The molecular formula is C75H190O25Si15. The third kappa shape index (κ3) is 75.0. The van der Waals surface area contributed by atoms with Crippen molar-refractivity contribution in [2.45, 2.75) is 338 Å². The molecule has 40 heteroatoms. The summed E-state index contributed by atoms with van der Waals surface area (Å²) < 4.78 is 92.6. The van der Waals surface area contributed by atoms with Crippen molar-refractivity contribution in [3.05, 3.63) is 0 Å². The van der Waals surface area contributed by atoms with Gasteiger partial charge >= 0.3 is 42.8 Å². The summed E-state index contributed by atoms with van der Waals surface area (Å²) in [6.07, 6.45) is 6.27. The van der Waals surface area contributed by atoms with Crippen molar-refractivity contribution in [1.29, 1.82) is 0 Å². The van der Waals surface area contributed by atoms with Crippen molar-refractivity contribution in [2.24, 2.45) is 22.2 Å². The zero-order valence-corrected chi connectivity index (χ0v) is 96.4. The van der Waals surface area contributed by atoms with E-state index in [1.807, 2.05) is 13.8 Å². The molecule has 115 heavy (non-hydrogen) atoms.